The predicted octanol–water partition coefficient (Wildman–Crippen LogP) is 2.16. The molecule has 0 aromatic heterocycles. The molecule has 0 unspecified atom stereocenters. The predicted molar refractivity (Wildman–Crippen MR) is 56.8 cm³/mol. The van der Waals surface area contributed by atoms with E-state index in [9.17, 15) is 0 Å². The highest BCUT2D eigenvalue weighted by Crippen LogP contribution is 2.50. The fourth-order valence-corrected chi connectivity index (χ4v) is 3.17. The third-order valence-corrected chi connectivity index (χ3v) is 4.58. The van der Waals surface area contributed by atoms with Gasteiger partial charge in [0, 0.05) is 20.2 Å². The fourth-order valence-electron chi connectivity index (χ4n) is 2.62. The van der Waals surface area contributed by atoms with Gasteiger partial charge in [-0.25, -0.2) is 0 Å². The van der Waals surface area contributed by atoms with Crippen LogP contribution in [0.1, 0.15) is 25.7 Å². The van der Waals surface area contributed by atoms with E-state index in [1.54, 1.807) is 0 Å². The lowest BCUT2D eigenvalue weighted by atomic mass is 9.62. The Hall–Kier alpha value is 0.270. The molecule has 0 aromatic carbocycles. The summed E-state index contributed by atoms with van der Waals surface area (Å²) in [5.74, 6) is 0. The quantitative estimate of drug-likeness (QED) is 0.635. The van der Waals surface area contributed by atoms with E-state index in [1.807, 2.05) is 19.1 Å². The average Bonchev–Trinajstić information content (AvgIpc) is 2.14. The monoisotopic (exact) mass is 201 g/mol. The van der Waals surface area contributed by atoms with Gasteiger partial charge in [0.15, 0.2) is 0 Å². The van der Waals surface area contributed by atoms with Crippen LogP contribution in [-0.2, 0) is 4.74 Å². The molecule has 0 atom stereocenters. The zero-order valence-electron chi connectivity index (χ0n) is 8.58. The van der Waals surface area contributed by atoms with Crippen molar-refractivity contribution >= 4 is 11.9 Å². The summed E-state index contributed by atoms with van der Waals surface area (Å²) in [6.45, 7) is 2.55. The molecule has 76 valence electrons. The van der Waals surface area contributed by atoms with Crippen molar-refractivity contribution < 1.29 is 4.74 Å². The molecule has 2 aliphatic rings. The Bertz CT molecular complexity index is 170. The molecule has 1 aliphatic heterocycles. The molecule has 0 aromatic rings. The van der Waals surface area contributed by atoms with Crippen molar-refractivity contribution in [3.8, 4) is 0 Å². The number of methoxy groups -OCH3 is 1. The molecule has 0 amide bonds. The second-order valence-corrected chi connectivity index (χ2v) is 5.26. The highest BCUT2D eigenvalue weighted by atomic mass is 32.2. The van der Waals surface area contributed by atoms with Crippen LogP contribution in [0.2, 0.25) is 0 Å². The fraction of sp³-hybridized carbons (Fsp3) is 1.00. The van der Waals surface area contributed by atoms with Gasteiger partial charge >= 0.3 is 0 Å². The van der Waals surface area contributed by atoms with E-state index in [0.717, 1.165) is 0 Å². The first-order chi connectivity index (χ1) is 6.28. The molecule has 1 saturated heterocycles. The molecule has 1 heterocycles. The number of rotatable bonds is 2. The number of hydrogen-bond donors (Lipinski definition) is 0. The van der Waals surface area contributed by atoms with Crippen LogP contribution in [0.25, 0.3) is 0 Å². The van der Waals surface area contributed by atoms with Crippen molar-refractivity contribution in [3.63, 3.8) is 0 Å². The van der Waals surface area contributed by atoms with Gasteiger partial charge in [0.1, 0.15) is 0 Å². The Balaban J connectivity index is 1.79. The standard InChI is InChI=1S/C10H19NOS/c1-12-9-7-10(8-9)3-5-11(13-2)6-4-10/h9H,3-8H2,1-2H3. The molecule has 13 heavy (non-hydrogen) atoms. The lowest BCUT2D eigenvalue weighted by Gasteiger charge is -2.51. The molecule has 1 spiro atoms. The summed E-state index contributed by atoms with van der Waals surface area (Å²) in [4.78, 5) is 0. The minimum atomic E-state index is 0.570. The van der Waals surface area contributed by atoms with Crippen LogP contribution in [0.15, 0.2) is 0 Å². The number of ether oxygens (including phenoxy) is 1. The Labute approximate surface area is 85.1 Å². The topological polar surface area (TPSA) is 12.5 Å². The van der Waals surface area contributed by atoms with E-state index in [2.05, 4.69) is 10.6 Å². The molecular formula is C10H19NOS. The number of piperidine rings is 1. The first-order valence-electron chi connectivity index (χ1n) is 5.10. The molecule has 2 fully saturated rings. The zero-order chi connectivity index (χ0) is 9.31. The summed E-state index contributed by atoms with van der Waals surface area (Å²) in [6, 6.07) is 0. The van der Waals surface area contributed by atoms with Crippen molar-refractivity contribution in [2.45, 2.75) is 31.8 Å². The molecular weight excluding hydrogens is 182 g/mol. The third kappa shape index (κ3) is 1.88. The minimum Gasteiger partial charge on any atom is -0.381 e. The van der Waals surface area contributed by atoms with Crippen LogP contribution in [-0.4, -0.2) is 36.9 Å². The Morgan fingerprint density at radius 2 is 1.92 bits per heavy atom. The van der Waals surface area contributed by atoms with Gasteiger partial charge in [-0.05, 0) is 37.4 Å². The first-order valence-corrected chi connectivity index (χ1v) is 6.28. The zero-order valence-corrected chi connectivity index (χ0v) is 9.40. The summed E-state index contributed by atoms with van der Waals surface area (Å²) in [5.41, 5.74) is 0.674. The van der Waals surface area contributed by atoms with E-state index in [-0.39, 0.29) is 0 Å². The molecule has 0 N–H and O–H groups in total. The smallest absolute Gasteiger partial charge is 0.0582 e. The van der Waals surface area contributed by atoms with Gasteiger partial charge < -0.3 is 4.74 Å². The van der Waals surface area contributed by atoms with Crippen LogP contribution in [0.4, 0.5) is 0 Å². The van der Waals surface area contributed by atoms with Gasteiger partial charge in [0.25, 0.3) is 0 Å². The van der Waals surface area contributed by atoms with Crippen molar-refractivity contribution in [1.29, 1.82) is 0 Å². The molecule has 0 bridgehead atoms. The largest absolute Gasteiger partial charge is 0.381 e. The van der Waals surface area contributed by atoms with Crippen LogP contribution in [0.3, 0.4) is 0 Å². The Kier molecular flexibility index (Phi) is 2.86. The minimum absolute atomic E-state index is 0.570. The summed E-state index contributed by atoms with van der Waals surface area (Å²) in [7, 11) is 1.84. The van der Waals surface area contributed by atoms with Gasteiger partial charge in [0.05, 0.1) is 6.10 Å². The van der Waals surface area contributed by atoms with Crippen molar-refractivity contribution in [1.82, 2.24) is 4.31 Å². The molecule has 3 heteroatoms. The number of nitrogens with zero attached hydrogens (tertiary/aromatic N) is 1. The highest BCUT2D eigenvalue weighted by Gasteiger charge is 2.45. The normalized spacial score (nSPS) is 29.1. The SMILES string of the molecule is COC1CC2(CCN(SC)CC2)C1. The molecule has 1 saturated carbocycles. The first kappa shape index (κ1) is 9.81. The van der Waals surface area contributed by atoms with Gasteiger partial charge in [0.2, 0.25) is 0 Å². The van der Waals surface area contributed by atoms with Gasteiger partial charge in [-0.2, -0.15) is 0 Å². The highest BCUT2D eigenvalue weighted by molar-refractivity contribution is 7.96. The van der Waals surface area contributed by atoms with Gasteiger partial charge in [-0.3, -0.25) is 4.31 Å². The van der Waals surface area contributed by atoms with E-state index in [1.165, 1.54) is 38.8 Å². The molecule has 2 nitrogen and oxygen atoms in total. The summed E-state index contributed by atoms with van der Waals surface area (Å²) in [6.07, 6.45) is 8.14. The van der Waals surface area contributed by atoms with Crippen LogP contribution in [0.5, 0.6) is 0 Å². The van der Waals surface area contributed by atoms with Gasteiger partial charge in [-0.1, -0.05) is 11.9 Å². The maximum atomic E-state index is 5.35. The Morgan fingerprint density at radius 3 is 2.38 bits per heavy atom. The second kappa shape index (κ2) is 3.79. The van der Waals surface area contributed by atoms with Crippen molar-refractivity contribution in [2.75, 3.05) is 26.5 Å². The lowest BCUT2D eigenvalue weighted by Crippen LogP contribution is -2.48. The van der Waals surface area contributed by atoms with Crippen LogP contribution in [0, 0.1) is 5.41 Å². The van der Waals surface area contributed by atoms with Gasteiger partial charge in [-0.15, -0.1) is 0 Å². The summed E-state index contributed by atoms with van der Waals surface area (Å²) in [5, 5.41) is 0. The van der Waals surface area contributed by atoms with E-state index < -0.39 is 0 Å². The Morgan fingerprint density at radius 1 is 1.31 bits per heavy atom. The average molecular weight is 201 g/mol. The lowest BCUT2D eigenvalue weighted by molar-refractivity contribution is -0.0798. The summed E-state index contributed by atoms with van der Waals surface area (Å²) < 4.78 is 7.83. The maximum Gasteiger partial charge on any atom is 0.0582 e. The maximum absolute atomic E-state index is 5.35. The van der Waals surface area contributed by atoms with E-state index in [4.69, 9.17) is 4.74 Å². The second-order valence-electron chi connectivity index (χ2n) is 4.38. The third-order valence-electron chi connectivity index (χ3n) is 3.70. The molecule has 1 aliphatic carbocycles. The summed E-state index contributed by atoms with van der Waals surface area (Å²) >= 11 is 1.89. The number of hydrogen-bond acceptors (Lipinski definition) is 3. The van der Waals surface area contributed by atoms with Crippen LogP contribution < -0.4 is 0 Å². The van der Waals surface area contributed by atoms with Crippen LogP contribution >= 0.6 is 11.9 Å². The molecule has 0 radical (unpaired) electrons. The van der Waals surface area contributed by atoms with Crippen molar-refractivity contribution in [2.24, 2.45) is 5.41 Å². The van der Waals surface area contributed by atoms with E-state index >= 15 is 0 Å². The molecule has 2 rings (SSSR count). The van der Waals surface area contributed by atoms with Crippen molar-refractivity contribution in [3.05, 3.63) is 0 Å². The van der Waals surface area contributed by atoms with E-state index in [0.29, 0.717) is 11.5 Å².